The van der Waals surface area contributed by atoms with Crippen molar-refractivity contribution < 1.29 is 14.6 Å². The molecule has 1 aromatic carbocycles. The highest BCUT2D eigenvalue weighted by atomic mass is 32.1. The maximum Gasteiger partial charge on any atom is 0.246 e. The molecular formula is C18H19N5O3S. The minimum absolute atomic E-state index is 0.108. The molecule has 1 atom stereocenters. The summed E-state index contributed by atoms with van der Waals surface area (Å²) < 4.78 is 7.93. The topological polar surface area (TPSA) is 92.5 Å². The van der Waals surface area contributed by atoms with Crippen molar-refractivity contribution in [2.24, 2.45) is 0 Å². The van der Waals surface area contributed by atoms with Crippen LogP contribution >= 0.6 is 11.3 Å². The van der Waals surface area contributed by atoms with Gasteiger partial charge in [0.1, 0.15) is 18.5 Å². The van der Waals surface area contributed by atoms with E-state index in [1.165, 1.54) is 11.3 Å². The van der Waals surface area contributed by atoms with E-state index in [1.54, 1.807) is 36.0 Å². The molecule has 2 aromatic heterocycles. The predicted octanol–water partition coefficient (Wildman–Crippen LogP) is 2.31. The molecule has 0 spiro atoms. The summed E-state index contributed by atoms with van der Waals surface area (Å²) in [5.41, 5.74) is 2.52. The lowest BCUT2D eigenvalue weighted by molar-refractivity contribution is -0.116. The van der Waals surface area contributed by atoms with Crippen molar-refractivity contribution in [3.05, 3.63) is 36.3 Å². The third-order valence-electron chi connectivity index (χ3n) is 4.48. The summed E-state index contributed by atoms with van der Waals surface area (Å²) in [6.45, 7) is 2.00. The summed E-state index contributed by atoms with van der Waals surface area (Å²) in [5.74, 6) is 1.22. The second-order valence-corrected chi connectivity index (χ2v) is 7.35. The quantitative estimate of drug-likeness (QED) is 0.716. The van der Waals surface area contributed by atoms with Crippen LogP contribution in [0.5, 0.6) is 5.75 Å². The van der Waals surface area contributed by atoms with Gasteiger partial charge in [0.2, 0.25) is 5.91 Å². The number of nitrogens with one attached hydrogen (secondary N) is 1. The van der Waals surface area contributed by atoms with Gasteiger partial charge in [0.05, 0.1) is 29.3 Å². The average Bonchev–Trinajstić information content (AvgIpc) is 3.22. The van der Waals surface area contributed by atoms with E-state index in [2.05, 4.69) is 15.3 Å². The van der Waals surface area contributed by atoms with E-state index in [4.69, 9.17) is 4.74 Å². The van der Waals surface area contributed by atoms with Gasteiger partial charge in [0.15, 0.2) is 10.9 Å². The van der Waals surface area contributed by atoms with Crippen LogP contribution in [0.25, 0.3) is 15.8 Å². The van der Waals surface area contributed by atoms with Crippen molar-refractivity contribution in [1.29, 1.82) is 0 Å². The summed E-state index contributed by atoms with van der Waals surface area (Å²) >= 11 is 1.40. The molecule has 3 heterocycles. The SMILES string of the molecule is COc1ccc2nc(NC(=O)Cn3cnc4c3C(C)=CC(O)N4C)sc2c1. The van der Waals surface area contributed by atoms with E-state index in [1.807, 2.05) is 25.1 Å². The van der Waals surface area contributed by atoms with Crippen LogP contribution < -0.4 is 15.0 Å². The highest BCUT2D eigenvalue weighted by molar-refractivity contribution is 7.22. The number of rotatable bonds is 4. The number of aliphatic hydroxyl groups excluding tert-OH is 1. The van der Waals surface area contributed by atoms with Crippen LogP contribution in [0.15, 0.2) is 30.6 Å². The molecule has 2 N–H and O–H groups in total. The normalized spacial score (nSPS) is 16.2. The first-order chi connectivity index (χ1) is 13.0. The molecule has 1 aliphatic rings. The molecule has 27 heavy (non-hydrogen) atoms. The Morgan fingerprint density at radius 2 is 2.26 bits per heavy atom. The largest absolute Gasteiger partial charge is 0.497 e. The summed E-state index contributed by atoms with van der Waals surface area (Å²) in [6.07, 6.45) is 2.63. The lowest BCUT2D eigenvalue weighted by Gasteiger charge is -2.27. The van der Waals surface area contributed by atoms with Crippen molar-refractivity contribution in [1.82, 2.24) is 14.5 Å². The molecule has 0 fully saturated rings. The first-order valence-corrected chi connectivity index (χ1v) is 9.17. The molecule has 0 bridgehead atoms. The van der Waals surface area contributed by atoms with Gasteiger partial charge in [-0.3, -0.25) is 4.79 Å². The fourth-order valence-corrected chi connectivity index (χ4v) is 4.00. The Labute approximate surface area is 159 Å². The summed E-state index contributed by atoms with van der Waals surface area (Å²) in [5, 5.41) is 13.4. The first kappa shape index (κ1) is 17.5. The van der Waals surface area contributed by atoms with Gasteiger partial charge >= 0.3 is 0 Å². The third-order valence-corrected chi connectivity index (χ3v) is 5.41. The number of benzene rings is 1. The maximum absolute atomic E-state index is 12.5. The highest BCUT2D eigenvalue weighted by Gasteiger charge is 2.25. The molecule has 8 nitrogen and oxygen atoms in total. The molecule has 0 aliphatic carbocycles. The van der Waals surface area contributed by atoms with Gasteiger partial charge in [-0.2, -0.15) is 0 Å². The number of likely N-dealkylation sites (N-methyl/N-ethyl adjacent to an activating group) is 1. The monoisotopic (exact) mass is 385 g/mol. The van der Waals surface area contributed by atoms with Gasteiger partial charge in [-0.1, -0.05) is 11.3 Å². The number of thiazole rings is 1. The molecule has 0 saturated heterocycles. The number of amides is 1. The standard InChI is InChI=1S/C18H19N5O3S/c1-10-6-15(25)22(2)17-16(10)23(9-19-17)8-14(24)21-18-20-12-5-4-11(26-3)7-13(12)27-18/h4-7,9,15,25H,8H2,1-3H3,(H,20,21,24). The number of carbonyl (C=O) groups excluding carboxylic acids is 1. The third kappa shape index (κ3) is 3.15. The Bertz CT molecular complexity index is 1050. The fourth-order valence-electron chi connectivity index (χ4n) is 3.09. The number of methoxy groups -OCH3 is 1. The van der Waals surface area contributed by atoms with Crippen LogP contribution in [0.3, 0.4) is 0 Å². The number of hydrogen-bond acceptors (Lipinski definition) is 7. The number of imidazole rings is 1. The van der Waals surface area contributed by atoms with Gasteiger partial charge in [-0.05, 0) is 36.8 Å². The van der Waals surface area contributed by atoms with Crippen LogP contribution in [0.4, 0.5) is 10.9 Å². The van der Waals surface area contributed by atoms with Crippen molar-refractivity contribution in [2.75, 3.05) is 24.4 Å². The van der Waals surface area contributed by atoms with Crippen molar-refractivity contribution >= 4 is 44.0 Å². The van der Waals surface area contributed by atoms with Crippen LogP contribution in [-0.2, 0) is 11.3 Å². The number of anilines is 2. The number of ether oxygens (including phenoxy) is 1. The van der Waals surface area contributed by atoms with Crippen LogP contribution in [-0.4, -0.2) is 45.9 Å². The average molecular weight is 385 g/mol. The van der Waals surface area contributed by atoms with E-state index in [0.717, 1.165) is 27.2 Å². The maximum atomic E-state index is 12.5. The van der Waals surface area contributed by atoms with Crippen LogP contribution in [0, 0.1) is 0 Å². The Kier molecular flexibility index (Phi) is 4.33. The smallest absolute Gasteiger partial charge is 0.246 e. The number of aliphatic hydroxyl groups is 1. The molecule has 1 amide bonds. The molecule has 9 heteroatoms. The minimum atomic E-state index is -0.714. The zero-order chi connectivity index (χ0) is 19.1. The fraction of sp³-hybridized carbons (Fsp3) is 0.278. The summed E-state index contributed by atoms with van der Waals surface area (Å²) in [4.78, 5) is 23.0. The van der Waals surface area contributed by atoms with Gasteiger partial charge in [0, 0.05) is 7.05 Å². The molecule has 1 unspecified atom stereocenters. The number of nitrogens with zero attached hydrogens (tertiary/aromatic N) is 4. The van der Waals surface area contributed by atoms with E-state index in [-0.39, 0.29) is 12.5 Å². The Morgan fingerprint density at radius 3 is 3.04 bits per heavy atom. The molecule has 140 valence electrons. The molecule has 1 aliphatic heterocycles. The Hall–Kier alpha value is -2.91. The number of carbonyl (C=O) groups is 1. The van der Waals surface area contributed by atoms with Crippen molar-refractivity contribution in [2.45, 2.75) is 19.7 Å². The van der Waals surface area contributed by atoms with Crippen molar-refractivity contribution in [3.8, 4) is 5.75 Å². The lowest BCUT2D eigenvalue weighted by atomic mass is 10.1. The van der Waals surface area contributed by atoms with Crippen LogP contribution in [0.2, 0.25) is 0 Å². The molecule has 4 rings (SSSR count). The van der Waals surface area contributed by atoms with Gasteiger partial charge in [0.25, 0.3) is 0 Å². The van der Waals surface area contributed by atoms with Crippen molar-refractivity contribution in [3.63, 3.8) is 0 Å². The number of allylic oxidation sites excluding steroid dienone is 1. The van der Waals surface area contributed by atoms with Gasteiger partial charge < -0.3 is 24.6 Å². The zero-order valence-corrected chi connectivity index (χ0v) is 15.9. The molecular weight excluding hydrogens is 366 g/mol. The summed E-state index contributed by atoms with van der Waals surface area (Å²) in [6, 6.07) is 5.59. The summed E-state index contributed by atoms with van der Waals surface area (Å²) in [7, 11) is 3.38. The van der Waals surface area contributed by atoms with E-state index < -0.39 is 6.23 Å². The molecule has 3 aromatic rings. The lowest BCUT2D eigenvalue weighted by Crippen LogP contribution is -2.33. The van der Waals surface area contributed by atoms with Crippen LogP contribution in [0.1, 0.15) is 12.6 Å². The zero-order valence-electron chi connectivity index (χ0n) is 15.1. The van der Waals surface area contributed by atoms with E-state index >= 15 is 0 Å². The van der Waals surface area contributed by atoms with E-state index in [0.29, 0.717) is 10.9 Å². The number of hydrogen-bond donors (Lipinski definition) is 2. The highest BCUT2D eigenvalue weighted by Crippen LogP contribution is 2.32. The molecule has 0 saturated carbocycles. The van der Waals surface area contributed by atoms with Gasteiger partial charge in [-0.25, -0.2) is 9.97 Å². The predicted molar refractivity (Wildman–Crippen MR) is 105 cm³/mol. The van der Waals surface area contributed by atoms with E-state index in [9.17, 15) is 9.90 Å². The minimum Gasteiger partial charge on any atom is -0.497 e. The first-order valence-electron chi connectivity index (χ1n) is 8.35. The molecule has 0 radical (unpaired) electrons. The second kappa shape index (κ2) is 6.67. The Morgan fingerprint density at radius 1 is 1.44 bits per heavy atom. The second-order valence-electron chi connectivity index (χ2n) is 6.32. The van der Waals surface area contributed by atoms with Gasteiger partial charge in [-0.15, -0.1) is 0 Å². The number of aromatic nitrogens is 3. The Balaban J connectivity index is 1.53. The number of fused-ring (bicyclic) bond motifs is 2.